The molecule has 0 fully saturated rings. The molecule has 0 bridgehead atoms. The number of aryl methyl sites for hydroxylation is 1. The third-order valence-corrected chi connectivity index (χ3v) is 2.30. The number of rotatable bonds is 1. The van der Waals surface area contributed by atoms with Crippen LogP contribution in [0.5, 0.6) is 0 Å². The highest BCUT2D eigenvalue weighted by Crippen LogP contribution is 2.12. The molecule has 2 amide bonds. The lowest BCUT2D eigenvalue weighted by Crippen LogP contribution is -2.40. The van der Waals surface area contributed by atoms with Crippen molar-refractivity contribution in [1.82, 2.24) is 10.6 Å². The number of urea groups is 1. The maximum Gasteiger partial charge on any atom is 0.325 e. The van der Waals surface area contributed by atoms with Gasteiger partial charge in [0.05, 0.1) is 6.54 Å². The van der Waals surface area contributed by atoms with Crippen molar-refractivity contribution in [3.63, 3.8) is 0 Å². The molecule has 3 N–H and O–H groups in total. The standard InChI is InChI=1S/C11H14N4O/c1-8-4-2-3-5-9(8)14-11(16)15-10-12-6-7-13-10/h2-5H,6-7H2,1H3,(H3,12,13,14,15,16). The number of para-hydroxylation sites is 1. The van der Waals surface area contributed by atoms with E-state index in [9.17, 15) is 4.79 Å². The summed E-state index contributed by atoms with van der Waals surface area (Å²) < 4.78 is 0. The Balaban J connectivity index is 1.94. The van der Waals surface area contributed by atoms with Crippen molar-refractivity contribution >= 4 is 17.7 Å². The molecule has 84 valence electrons. The second-order valence-corrected chi connectivity index (χ2v) is 3.55. The van der Waals surface area contributed by atoms with Crippen molar-refractivity contribution in [2.24, 2.45) is 4.99 Å². The quantitative estimate of drug-likeness (QED) is 0.660. The van der Waals surface area contributed by atoms with Crippen molar-refractivity contribution in [2.75, 3.05) is 18.4 Å². The summed E-state index contributed by atoms with van der Waals surface area (Å²) in [6.07, 6.45) is 0. The lowest BCUT2D eigenvalue weighted by atomic mass is 10.2. The predicted molar refractivity (Wildman–Crippen MR) is 63.6 cm³/mol. The van der Waals surface area contributed by atoms with Crippen LogP contribution in [0.15, 0.2) is 29.3 Å². The van der Waals surface area contributed by atoms with Crippen LogP contribution in [0.3, 0.4) is 0 Å². The van der Waals surface area contributed by atoms with E-state index < -0.39 is 0 Å². The number of benzene rings is 1. The van der Waals surface area contributed by atoms with E-state index in [1.807, 2.05) is 31.2 Å². The summed E-state index contributed by atoms with van der Waals surface area (Å²) in [5.74, 6) is 0.533. The van der Waals surface area contributed by atoms with E-state index in [2.05, 4.69) is 20.9 Å². The summed E-state index contributed by atoms with van der Waals surface area (Å²) in [5.41, 5.74) is 1.83. The number of anilines is 1. The molecule has 1 aromatic rings. The van der Waals surface area contributed by atoms with Gasteiger partial charge >= 0.3 is 6.03 Å². The monoisotopic (exact) mass is 218 g/mol. The normalized spacial score (nSPS) is 13.9. The zero-order chi connectivity index (χ0) is 11.4. The summed E-state index contributed by atoms with van der Waals surface area (Å²) in [7, 11) is 0. The minimum atomic E-state index is -0.276. The van der Waals surface area contributed by atoms with E-state index in [0.717, 1.165) is 17.8 Å². The molecular weight excluding hydrogens is 204 g/mol. The highest BCUT2D eigenvalue weighted by Gasteiger charge is 2.09. The minimum absolute atomic E-state index is 0.276. The van der Waals surface area contributed by atoms with Gasteiger partial charge < -0.3 is 10.6 Å². The van der Waals surface area contributed by atoms with E-state index in [1.165, 1.54) is 0 Å². The molecule has 0 atom stereocenters. The fourth-order valence-corrected chi connectivity index (χ4v) is 1.46. The lowest BCUT2D eigenvalue weighted by Gasteiger charge is -2.09. The molecule has 2 rings (SSSR count). The van der Waals surface area contributed by atoms with Gasteiger partial charge in [-0.05, 0) is 18.6 Å². The molecule has 0 saturated carbocycles. The summed E-state index contributed by atoms with van der Waals surface area (Å²) in [6, 6.07) is 7.34. The Morgan fingerprint density at radius 2 is 2.19 bits per heavy atom. The second kappa shape index (κ2) is 4.65. The van der Waals surface area contributed by atoms with Crippen molar-refractivity contribution < 1.29 is 4.79 Å². The van der Waals surface area contributed by atoms with Crippen LogP contribution >= 0.6 is 0 Å². The van der Waals surface area contributed by atoms with Crippen LogP contribution in [0.2, 0.25) is 0 Å². The van der Waals surface area contributed by atoms with Crippen LogP contribution in [-0.2, 0) is 0 Å². The zero-order valence-corrected chi connectivity index (χ0v) is 9.08. The molecule has 16 heavy (non-hydrogen) atoms. The highest BCUT2D eigenvalue weighted by atomic mass is 16.2. The van der Waals surface area contributed by atoms with Gasteiger partial charge in [0, 0.05) is 12.2 Å². The van der Waals surface area contributed by atoms with Crippen molar-refractivity contribution in [3.8, 4) is 0 Å². The Bertz CT molecular complexity index is 428. The maximum absolute atomic E-state index is 11.6. The molecule has 5 heteroatoms. The largest absolute Gasteiger partial charge is 0.354 e. The molecule has 0 aliphatic carbocycles. The minimum Gasteiger partial charge on any atom is -0.354 e. The van der Waals surface area contributed by atoms with E-state index >= 15 is 0 Å². The van der Waals surface area contributed by atoms with Gasteiger partial charge in [0.25, 0.3) is 0 Å². The first-order chi connectivity index (χ1) is 7.75. The highest BCUT2D eigenvalue weighted by molar-refractivity contribution is 6.03. The first kappa shape index (κ1) is 10.5. The first-order valence-corrected chi connectivity index (χ1v) is 5.17. The summed E-state index contributed by atoms with van der Waals surface area (Å²) in [6.45, 7) is 3.43. The molecule has 0 aromatic heterocycles. The summed E-state index contributed by atoms with van der Waals surface area (Å²) in [4.78, 5) is 15.7. The van der Waals surface area contributed by atoms with Gasteiger partial charge in [-0.1, -0.05) is 18.2 Å². The number of carbonyl (C=O) groups is 1. The third-order valence-electron chi connectivity index (χ3n) is 2.30. The first-order valence-electron chi connectivity index (χ1n) is 5.17. The van der Waals surface area contributed by atoms with Crippen molar-refractivity contribution in [3.05, 3.63) is 29.8 Å². The van der Waals surface area contributed by atoms with Gasteiger partial charge in [0.2, 0.25) is 0 Å². The van der Waals surface area contributed by atoms with Gasteiger partial charge in [-0.25, -0.2) is 4.79 Å². The molecule has 0 radical (unpaired) electrons. The summed E-state index contributed by atoms with van der Waals surface area (Å²) >= 11 is 0. The van der Waals surface area contributed by atoms with Crippen LogP contribution in [0.1, 0.15) is 5.56 Å². The Hall–Kier alpha value is -2.04. The van der Waals surface area contributed by atoms with E-state index in [0.29, 0.717) is 12.5 Å². The van der Waals surface area contributed by atoms with Crippen LogP contribution in [0.25, 0.3) is 0 Å². The van der Waals surface area contributed by atoms with Crippen LogP contribution in [-0.4, -0.2) is 25.1 Å². The number of guanidine groups is 1. The van der Waals surface area contributed by atoms with Crippen LogP contribution in [0, 0.1) is 6.92 Å². The lowest BCUT2D eigenvalue weighted by molar-refractivity contribution is 0.256. The Kier molecular flexibility index (Phi) is 3.05. The number of amides is 2. The van der Waals surface area contributed by atoms with Crippen LogP contribution < -0.4 is 16.0 Å². The zero-order valence-electron chi connectivity index (χ0n) is 9.08. The molecular formula is C11H14N4O. The fourth-order valence-electron chi connectivity index (χ4n) is 1.46. The SMILES string of the molecule is Cc1ccccc1NC(=O)NC1=NCCN1. The Morgan fingerprint density at radius 3 is 2.88 bits per heavy atom. The molecule has 1 aliphatic heterocycles. The Morgan fingerprint density at radius 1 is 1.38 bits per heavy atom. The maximum atomic E-state index is 11.6. The van der Waals surface area contributed by atoms with E-state index in [-0.39, 0.29) is 6.03 Å². The fraction of sp³-hybridized carbons (Fsp3) is 0.273. The summed E-state index contributed by atoms with van der Waals surface area (Å²) in [5, 5.41) is 8.38. The van der Waals surface area contributed by atoms with Gasteiger partial charge in [-0.2, -0.15) is 0 Å². The van der Waals surface area contributed by atoms with Gasteiger partial charge in [0.15, 0.2) is 5.96 Å². The molecule has 0 saturated heterocycles. The third kappa shape index (κ3) is 2.50. The topological polar surface area (TPSA) is 65.5 Å². The molecule has 0 spiro atoms. The number of hydrogen-bond acceptors (Lipinski definition) is 3. The van der Waals surface area contributed by atoms with Crippen molar-refractivity contribution in [1.29, 1.82) is 0 Å². The smallest absolute Gasteiger partial charge is 0.325 e. The number of carbonyl (C=O) groups excluding carboxylic acids is 1. The second-order valence-electron chi connectivity index (χ2n) is 3.55. The number of nitrogens with one attached hydrogen (secondary N) is 3. The van der Waals surface area contributed by atoms with Crippen LogP contribution in [0.4, 0.5) is 10.5 Å². The molecule has 1 aliphatic rings. The molecule has 0 unspecified atom stereocenters. The Labute approximate surface area is 94.0 Å². The molecule has 5 nitrogen and oxygen atoms in total. The number of nitrogens with zero attached hydrogens (tertiary/aromatic N) is 1. The van der Waals surface area contributed by atoms with E-state index in [1.54, 1.807) is 0 Å². The number of hydrogen-bond donors (Lipinski definition) is 3. The molecule has 1 heterocycles. The number of aliphatic imine (C=N–C) groups is 1. The van der Waals surface area contributed by atoms with Crippen molar-refractivity contribution in [2.45, 2.75) is 6.92 Å². The van der Waals surface area contributed by atoms with E-state index in [4.69, 9.17) is 0 Å². The van der Waals surface area contributed by atoms with Gasteiger partial charge in [0.1, 0.15) is 0 Å². The average Bonchev–Trinajstić information content (AvgIpc) is 2.74. The average molecular weight is 218 g/mol. The van der Waals surface area contributed by atoms with Gasteiger partial charge in [-0.3, -0.25) is 10.3 Å². The van der Waals surface area contributed by atoms with Gasteiger partial charge in [-0.15, -0.1) is 0 Å². The predicted octanol–water partition coefficient (Wildman–Crippen LogP) is 1.08. The molecule has 1 aromatic carbocycles.